The Kier molecular flexibility index (Phi) is 2.02. The standard InChI is InChI=1S/C10H16N2O/c1-7(2)12-9-6-4-3-5-8(9)11-10(12)13/h8-9H,1,3-6H2,2H3,(H,11,13). The number of carbonyl (C=O) groups is 1. The Bertz CT molecular complexity index is 249. The van der Waals surface area contributed by atoms with E-state index in [0.29, 0.717) is 12.1 Å². The van der Waals surface area contributed by atoms with Crippen LogP contribution in [0, 0.1) is 0 Å². The summed E-state index contributed by atoms with van der Waals surface area (Å²) in [6, 6.07) is 0.793. The van der Waals surface area contributed by atoms with Gasteiger partial charge in [-0.05, 0) is 19.8 Å². The van der Waals surface area contributed by atoms with Gasteiger partial charge in [0, 0.05) is 5.70 Å². The Balaban J connectivity index is 2.18. The zero-order chi connectivity index (χ0) is 9.42. The first kappa shape index (κ1) is 8.60. The van der Waals surface area contributed by atoms with Crippen molar-refractivity contribution in [2.75, 3.05) is 0 Å². The molecule has 1 N–H and O–H groups in total. The predicted molar refractivity (Wildman–Crippen MR) is 51.2 cm³/mol. The molecule has 3 nitrogen and oxygen atoms in total. The zero-order valence-corrected chi connectivity index (χ0v) is 8.05. The van der Waals surface area contributed by atoms with Gasteiger partial charge in [-0.25, -0.2) is 4.79 Å². The molecule has 3 heteroatoms. The van der Waals surface area contributed by atoms with Gasteiger partial charge in [-0.1, -0.05) is 19.4 Å². The summed E-state index contributed by atoms with van der Waals surface area (Å²) in [5.74, 6) is 0. The van der Waals surface area contributed by atoms with E-state index in [2.05, 4.69) is 11.9 Å². The fraction of sp³-hybridized carbons (Fsp3) is 0.700. The summed E-state index contributed by atoms with van der Waals surface area (Å²) in [6.45, 7) is 5.74. The highest BCUT2D eigenvalue weighted by molar-refractivity contribution is 5.79. The van der Waals surface area contributed by atoms with Crippen molar-refractivity contribution in [1.82, 2.24) is 10.2 Å². The number of nitrogens with zero attached hydrogens (tertiary/aromatic N) is 1. The molecule has 2 aliphatic rings. The van der Waals surface area contributed by atoms with Crippen LogP contribution in [-0.2, 0) is 0 Å². The number of fused-ring (bicyclic) bond motifs is 1. The molecule has 72 valence electrons. The third kappa shape index (κ3) is 1.32. The van der Waals surface area contributed by atoms with E-state index in [0.717, 1.165) is 18.5 Å². The number of allylic oxidation sites excluding steroid dienone is 1. The molecule has 2 amide bonds. The van der Waals surface area contributed by atoms with Crippen molar-refractivity contribution in [1.29, 1.82) is 0 Å². The van der Waals surface area contributed by atoms with Crippen LogP contribution in [0.2, 0.25) is 0 Å². The molecule has 2 rings (SSSR count). The lowest BCUT2D eigenvalue weighted by Gasteiger charge is -2.29. The minimum atomic E-state index is 0.0457. The Morgan fingerprint density at radius 3 is 2.92 bits per heavy atom. The molecule has 0 aromatic carbocycles. The third-order valence-electron chi connectivity index (χ3n) is 3.00. The van der Waals surface area contributed by atoms with Crippen LogP contribution < -0.4 is 5.32 Å². The molecule has 2 fully saturated rings. The molecule has 0 aromatic heterocycles. The number of urea groups is 1. The average molecular weight is 180 g/mol. The molecule has 0 aromatic rings. The van der Waals surface area contributed by atoms with Crippen LogP contribution in [-0.4, -0.2) is 23.0 Å². The van der Waals surface area contributed by atoms with Crippen LogP contribution in [0.4, 0.5) is 4.79 Å². The van der Waals surface area contributed by atoms with Crippen LogP contribution in [0.3, 0.4) is 0 Å². The van der Waals surface area contributed by atoms with Crippen molar-refractivity contribution in [3.05, 3.63) is 12.3 Å². The first-order chi connectivity index (χ1) is 6.20. The second-order valence-corrected chi connectivity index (χ2v) is 4.01. The second-order valence-electron chi connectivity index (χ2n) is 4.01. The third-order valence-corrected chi connectivity index (χ3v) is 3.00. The summed E-state index contributed by atoms with van der Waals surface area (Å²) in [7, 11) is 0. The molecule has 13 heavy (non-hydrogen) atoms. The maximum absolute atomic E-state index is 11.5. The largest absolute Gasteiger partial charge is 0.333 e. The summed E-state index contributed by atoms with van der Waals surface area (Å²) < 4.78 is 0. The zero-order valence-electron chi connectivity index (χ0n) is 8.05. The number of amides is 2. The van der Waals surface area contributed by atoms with Gasteiger partial charge in [0.15, 0.2) is 0 Å². The molecular weight excluding hydrogens is 164 g/mol. The van der Waals surface area contributed by atoms with Crippen LogP contribution >= 0.6 is 0 Å². The molecular formula is C10H16N2O. The SMILES string of the molecule is C=C(C)N1C(=O)NC2CCCCC21. The van der Waals surface area contributed by atoms with Crippen LogP contribution in [0.5, 0.6) is 0 Å². The normalized spacial score (nSPS) is 32.7. The second kappa shape index (κ2) is 3.05. The first-order valence-corrected chi connectivity index (χ1v) is 4.95. The maximum atomic E-state index is 11.5. The molecule has 1 heterocycles. The van der Waals surface area contributed by atoms with Crippen LogP contribution in [0.1, 0.15) is 32.6 Å². The first-order valence-electron chi connectivity index (χ1n) is 4.95. The maximum Gasteiger partial charge on any atom is 0.322 e. The average Bonchev–Trinajstić information content (AvgIpc) is 2.39. The van der Waals surface area contributed by atoms with Crippen LogP contribution in [0.25, 0.3) is 0 Å². The minimum Gasteiger partial charge on any atom is -0.333 e. The van der Waals surface area contributed by atoms with Gasteiger partial charge in [0.2, 0.25) is 0 Å². The van der Waals surface area contributed by atoms with E-state index in [1.54, 1.807) is 0 Å². The Morgan fingerprint density at radius 1 is 1.54 bits per heavy atom. The molecule has 0 bridgehead atoms. The lowest BCUT2D eigenvalue weighted by molar-refractivity contribution is 0.212. The highest BCUT2D eigenvalue weighted by atomic mass is 16.2. The van der Waals surface area contributed by atoms with Crippen molar-refractivity contribution < 1.29 is 4.79 Å². The summed E-state index contributed by atoms with van der Waals surface area (Å²) in [4.78, 5) is 13.4. The van der Waals surface area contributed by atoms with Gasteiger partial charge in [-0.15, -0.1) is 0 Å². The number of hydrogen-bond acceptors (Lipinski definition) is 1. The fourth-order valence-corrected chi connectivity index (χ4v) is 2.42. The molecule has 1 aliphatic carbocycles. The van der Waals surface area contributed by atoms with Crippen molar-refractivity contribution in [2.45, 2.75) is 44.7 Å². The molecule has 1 aliphatic heterocycles. The Labute approximate surface area is 78.8 Å². The van der Waals surface area contributed by atoms with Gasteiger partial charge in [0.05, 0.1) is 12.1 Å². The number of nitrogens with one attached hydrogen (secondary N) is 1. The van der Waals surface area contributed by atoms with E-state index in [9.17, 15) is 4.79 Å². The Hall–Kier alpha value is -0.990. The minimum absolute atomic E-state index is 0.0457. The number of hydrogen-bond donors (Lipinski definition) is 1. The summed E-state index contributed by atoms with van der Waals surface area (Å²) in [5, 5.41) is 3.01. The smallest absolute Gasteiger partial charge is 0.322 e. The molecule has 1 saturated heterocycles. The number of carbonyl (C=O) groups excluding carboxylic acids is 1. The fourth-order valence-electron chi connectivity index (χ4n) is 2.42. The number of rotatable bonds is 1. The van der Waals surface area contributed by atoms with Crippen molar-refractivity contribution in [2.24, 2.45) is 0 Å². The van der Waals surface area contributed by atoms with E-state index in [1.807, 2.05) is 11.8 Å². The quantitative estimate of drug-likeness (QED) is 0.656. The molecule has 2 unspecified atom stereocenters. The van der Waals surface area contributed by atoms with E-state index < -0.39 is 0 Å². The molecule has 2 atom stereocenters. The van der Waals surface area contributed by atoms with Gasteiger partial charge in [0.25, 0.3) is 0 Å². The van der Waals surface area contributed by atoms with Crippen molar-refractivity contribution in [3.63, 3.8) is 0 Å². The summed E-state index contributed by atoms with van der Waals surface area (Å²) in [5.41, 5.74) is 0.868. The van der Waals surface area contributed by atoms with Gasteiger partial charge >= 0.3 is 6.03 Å². The van der Waals surface area contributed by atoms with Gasteiger partial charge in [-0.3, -0.25) is 4.90 Å². The van der Waals surface area contributed by atoms with Crippen LogP contribution in [0.15, 0.2) is 12.3 Å². The van der Waals surface area contributed by atoms with Gasteiger partial charge in [0.1, 0.15) is 0 Å². The summed E-state index contributed by atoms with van der Waals surface area (Å²) in [6.07, 6.45) is 4.72. The van der Waals surface area contributed by atoms with Gasteiger partial charge < -0.3 is 5.32 Å². The lowest BCUT2D eigenvalue weighted by Crippen LogP contribution is -2.37. The predicted octanol–water partition coefficient (Wildman–Crippen LogP) is 1.86. The highest BCUT2D eigenvalue weighted by Crippen LogP contribution is 2.29. The van der Waals surface area contributed by atoms with E-state index in [4.69, 9.17) is 0 Å². The molecule has 0 radical (unpaired) electrons. The van der Waals surface area contributed by atoms with Gasteiger partial charge in [-0.2, -0.15) is 0 Å². The van der Waals surface area contributed by atoms with E-state index in [1.165, 1.54) is 12.8 Å². The molecule has 0 spiro atoms. The summed E-state index contributed by atoms with van der Waals surface area (Å²) >= 11 is 0. The monoisotopic (exact) mass is 180 g/mol. The highest BCUT2D eigenvalue weighted by Gasteiger charge is 2.40. The topological polar surface area (TPSA) is 32.3 Å². The van der Waals surface area contributed by atoms with E-state index in [-0.39, 0.29) is 6.03 Å². The van der Waals surface area contributed by atoms with E-state index >= 15 is 0 Å². The lowest BCUT2D eigenvalue weighted by atomic mass is 9.91. The molecule has 1 saturated carbocycles. The van der Waals surface area contributed by atoms with Crippen molar-refractivity contribution >= 4 is 6.03 Å². The van der Waals surface area contributed by atoms with Crippen molar-refractivity contribution in [3.8, 4) is 0 Å². The Morgan fingerprint density at radius 2 is 2.23 bits per heavy atom.